The van der Waals surface area contributed by atoms with E-state index >= 15 is 0 Å². The second-order valence-corrected chi connectivity index (χ2v) is 3.46. The molecule has 0 aromatic carbocycles. The fourth-order valence-electron chi connectivity index (χ4n) is 1.75. The lowest BCUT2D eigenvalue weighted by Gasteiger charge is -2.21. The summed E-state index contributed by atoms with van der Waals surface area (Å²) in [6.07, 6.45) is 4.39. The normalized spacial score (nSPS) is 22.3. The Morgan fingerprint density at radius 2 is 2.58 bits per heavy atom. The van der Waals surface area contributed by atoms with Crippen molar-refractivity contribution in [1.29, 1.82) is 0 Å². The van der Waals surface area contributed by atoms with E-state index in [9.17, 15) is 0 Å². The summed E-state index contributed by atoms with van der Waals surface area (Å²) in [5.41, 5.74) is 2.64. The van der Waals surface area contributed by atoms with Crippen molar-refractivity contribution in [3.63, 3.8) is 0 Å². The third kappa shape index (κ3) is 1.25. The number of hydrogen-bond donors (Lipinski definition) is 1. The van der Waals surface area contributed by atoms with E-state index < -0.39 is 0 Å². The maximum absolute atomic E-state index is 4.43. The molecular weight excluding hydrogens is 150 g/mol. The third-order valence-electron chi connectivity index (χ3n) is 2.51. The number of hydrogen-bond acceptors (Lipinski definition) is 2. The lowest BCUT2D eigenvalue weighted by molar-refractivity contribution is 0.463. The molecule has 1 aliphatic rings. The molecule has 1 unspecified atom stereocenters. The van der Waals surface area contributed by atoms with Gasteiger partial charge in [0.05, 0.1) is 5.69 Å². The minimum absolute atomic E-state index is 0.632. The van der Waals surface area contributed by atoms with Crippen LogP contribution in [0.2, 0.25) is 0 Å². The van der Waals surface area contributed by atoms with Crippen LogP contribution in [0.3, 0.4) is 0 Å². The second kappa shape index (κ2) is 2.90. The SMILES string of the molecule is CCC1Cc2nn(C)cc2CN1. The first-order chi connectivity index (χ1) is 5.79. The lowest BCUT2D eigenvalue weighted by Crippen LogP contribution is -2.34. The zero-order valence-electron chi connectivity index (χ0n) is 7.67. The van der Waals surface area contributed by atoms with Crippen molar-refractivity contribution in [1.82, 2.24) is 15.1 Å². The fraction of sp³-hybridized carbons (Fsp3) is 0.667. The van der Waals surface area contributed by atoms with Crippen LogP contribution >= 0.6 is 0 Å². The summed E-state index contributed by atoms with van der Waals surface area (Å²) in [5, 5.41) is 7.91. The van der Waals surface area contributed by atoms with Crippen molar-refractivity contribution in [3.05, 3.63) is 17.5 Å². The van der Waals surface area contributed by atoms with Gasteiger partial charge in [-0.05, 0) is 6.42 Å². The molecule has 1 aromatic rings. The highest BCUT2D eigenvalue weighted by molar-refractivity contribution is 5.20. The smallest absolute Gasteiger partial charge is 0.0684 e. The molecule has 1 atom stereocenters. The molecule has 12 heavy (non-hydrogen) atoms. The predicted molar refractivity (Wildman–Crippen MR) is 47.8 cm³/mol. The molecule has 3 heteroatoms. The van der Waals surface area contributed by atoms with Crippen molar-refractivity contribution < 1.29 is 0 Å². The van der Waals surface area contributed by atoms with Gasteiger partial charge in [-0.15, -0.1) is 0 Å². The Hall–Kier alpha value is -0.830. The van der Waals surface area contributed by atoms with Crippen LogP contribution in [0.1, 0.15) is 24.6 Å². The Balaban J connectivity index is 2.22. The van der Waals surface area contributed by atoms with Crippen molar-refractivity contribution >= 4 is 0 Å². The van der Waals surface area contributed by atoms with Gasteiger partial charge >= 0.3 is 0 Å². The molecule has 2 rings (SSSR count). The van der Waals surface area contributed by atoms with Crippen LogP contribution in [0.15, 0.2) is 6.20 Å². The Morgan fingerprint density at radius 3 is 3.33 bits per heavy atom. The quantitative estimate of drug-likeness (QED) is 0.668. The van der Waals surface area contributed by atoms with Gasteiger partial charge in [0.25, 0.3) is 0 Å². The minimum atomic E-state index is 0.632. The Morgan fingerprint density at radius 1 is 1.75 bits per heavy atom. The first kappa shape index (κ1) is 7.80. The highest BCUT2D eigenvalue weighted by atomic mass is 15.3. The highest BCUT2D eigenvalue weighted by Crippen LogP contribution is 2.15. The standard InChI is InChI=1S/C9H15N3/c1-3-8-4-9-7(5-10-8)6-12(2)11-9/h6,8,10H,3-5H2,1-2H3. The molecule has 2 heterocycles. The molecule has 0 radical (unpaired) electrons. The van der Waals surface area contributed by atoms with Gasteiger partial charge in [0.1, 0.15) is 0 Å². The largest absolute Gasteiger partial charge is 0.309 e. The van der Waals surface area contributed by atoms with Crippen LogP contribution in [0.25, 0.3) is 0 Å². The molecular formula is C9H15N3. The van der Waals surface area contributed by atoms with Crippen molar-refractivity contribution in [2.75, 3.05) is 0 Å². The molecule has 3 nitrogen and oxygen atoms in total. The van der Waals surface area contributed by atoms with E-state index in [2.05, 4.69) is 23.5 Å². The summed E-state index contributed by atoms with van der Waals surface area (Å²) in [7, 11) is 1.99. The highest BCUT2D eigenvalue weighted by Gasteiger charge is 2.18. The van der Waals surface area contributed by atoms with Gasteiger partial charge in [-0.25, -0.2) is 0 Å². The molecule has 0 amide bonds. The Bertz CT molecular complexity index is 277. The van der Waals surface area contributed by atoms with E-state index in [0.29, 0.717) is 6.04 Å². The molecule has 0 fully saturated rings. The second-order valence-electron chi connectivity index (χ2n) is 3.46. The monoisotopic (exact) mass is 165 g/mol. The van der Waals surface area contributed by atoms with Crippen molar-refractivity contribution in [2.45, 2.75) is 32.4 Å². The molecule has 66 valence electrons. The number of fused-ring (bicyclic) bond motifs is 1. The Labute approximate surface area is 72.8 Å². The number of rotatable bonds is 1. The first-order valence-corrected chi connectivity index (χ1v) is 4.54. The van der Waals surface area contributed by atoms with Crippen LogP contribution in [0.4, 0.5) is 0 Å². The van der Waals surface area contributed by atoms with Crippen LogP contribution in [-0.4, -0.2) is 15.8 Å². The molecule has 1 N–H and O–H groups in total. The van der Waals surface area contributed by atoms with E-state index in [1.165, 1.54) is 17.7 Å². The van der Waals surface area contributed by atoms with E-state index in [0.717, 1.165) is 13.0 Å². The first-order valence-electron chi connectivity index (χ1n) is 4.54. The van der Waals surface area contributed by atoms with Crippen molar-refractivity contribution in [2.24, 2.45) is 7.05 Å². The van der Waals surface area contributed by atoms with Gasteiger partial charge < -0.3 is 5.32 Å². The summed E-state index contributed by atoms with van der Waals surface area (Å²) < 4.78 is 1.91. The lowest BCUT2D eigenvalue weighted by atomic mass is 10.0. The van der Waals surface area contributed by atoms with Crippen LogP contribution in [0.5, 0.6) is 0 Å². The Kier molecular flexibility index (Phi) is 1.89. The molecule has 0 spiro atoms. The average Bonchev–Trinajstić information content (AvgIpc) is 2.43. The molecule has 1 aliphatic heterocycles. The van der Waals surface area contributed by atoms with Crippen LogP contribution < -0.4 is 5.32 Å². The number of aryl methyl sites for hydroxylation is 1. The summed E-state index contributed by atoms with van der Waals surface area (Å²) >= 11 is 0. The molecule has 0 bridgehead atoms. The van der Waals surface area contributed by atoms with Gasteiger partial charge in [0.15, 0.2) is 0 Å². The van der Waals surface area contributed by atoms with Crippen LogP contribution in [-0.2, 0) is 20.0 Å². The van der Waals surface area contributed by atoms with Gasteiger partial charge in [0.2, 0.25) is 0 Å². The molecule has 1 aromatic heterocycles. The van der Waals surface area contributed by atoms with Gasteiger partial charge in [-0.1, -0.05) is 6.92 Å². The molecule has 0 saturated heterocycles. The zero-order chi connectivity index (χ0) is 8.55. The summed E-state index contributed by atoms with van der Waals surface area (Å²) in [4.78, 5) is 0. The summed E-state index contributed by atoms with van der Waals surface area (Å²) in [5.74, 6) is 0. The van der Waals surface area contributed by atoms with E-state index in [1.807, 2.05) is 11.7 Å². The number of nitrogens with one attached hydrogen (secondary N) is 1. The maximum Gasteiger partial charge on any atom is 0.0684 e. The zero-order valence-corrected chi connectivity index (χ0v) is 7.67. The van der Waals surface area contributed by atoms with Crippen molar-refractivity contribution in [3.8, 4) is 0 Å². The third-order valence-corrected chi connectivity index (χ3v) is 2.51. The molecule has 0 saturated carbocycles. The van der Waals surface area contributed by atoms with Gasteiger partial charge in [-0.2, -0.15) is 5.10 Å². The molecule has 0 aliphatic carbocycles. The topological polar surface area (TPSA) is 29.9 Å². The van der Waals surface area contributed by atoms with Crippen LogP contribution in [0, 0.1) is 0 Å². The minimum Gasteiger partial charge on any atom is -0.309 e. The number of aromatic nitrogens is 2. The summed E-state index contributed by atoms with van der Waals surface area (Å²) in [6, 6.07) is 0.632. The maximum atomic E-state index is 4.43. The summed E-state index contributed by atoms with van der Waals surface area (Å²) in [6.45, 7) is 3.20. The van der Waals surface area contributed by atoms with Gasteiger partial charge in [-0.3, -0.25) is 4.68 Å². The van der Waals surface area contributed by atoms with E-state index in [-0.39, 0.29) is 0 Å². The van der Waals surface area contributed by atoms with E-state index in [1.54, 1.807) is 0 Å². The fourth-order valence-corrected chi connectivity index (χ4v) is 1.75. The number of nitrogens with zero attached hydrogens (tertiary/aromatic N) is 2. The van der Waals surface area contributed by atoms with Gasteiger partial charge in [0, 0.05) is 37.8 Å². The average molecular weight is 165 g/mol. The predicted octanol–water partition coefficient (Wildman–Crippen LogP) is 0.844. The van der Waals surface area contributed by atoms with E-state index in [4.69, 9.17) is 0 Å².